The fraction of sp³-hybridized carbons (Fsp3) is 0.375. The molecule has 1 aliphatic rings. The normalized spacial score (nSPS) is 13.1. The number of unbranched alkanes of at least 4 members (excludes halogenated alkanes) is 1. The molecule has 0 saturated heterocycles. The first kappa shape index (κ1) is 22.1. The van der Waals surface area contributed by atoms with Crippen LogP contribution in [0.4, 0.5) is 4.39 Å². The fourth-order valence-electron chi connectivity index (χ4n) is 4.09. The Morgan fingerprint density at radius 1 is 1.09 bits per heavy atom. The zero-order chi connectivity index (χ0) is 22.5. The average molecular weight is 437 g/mol. The Hall–Kier alpha value is -3.10. The molecular weight excluding hydrogens is 407 g/mol. The highest BCUT2D eigenvalue weighted by Crippen LogP contribution is 2.36. The lowest BCUT2D eigenvalue weighted by Gasteiger charge is -2.15. The second kappa shape index (κ2) is 10.0. The molecule has 3 heterocycles. The molecule has 4 rings (SSSR count). The van der Waals surface area contributed by atoms with E-state index in [9.17, 15) is 9.18 Å². The maximum atomic E-state index is 13.4. The predicted octanol–water partition coefficient (Wildman–Crippen LogP) is 2.96. The van der Waals surface area contributed by atoms with Crippen molar-refractivity contribution in [2.24, 2.45) is 12.8 Å². The molecule has 0 spiro atoms. The first-order chi connectivity index (χ1) is 15.6. The van der Waals surface area contributed by atoms with Gasteiger partial charge < -0.3 is 16.0 Å². The van der Waals surface area contributed by atoms with Crippen molar-refractivity contribution in [2.45, 2.75) is 25.8 Å². The van der Waals surface area contributed by atoms with Crippen molar-refractivity contribution in [1.82, 2.24) is 25.0 Å². The first-order valence-corrected chi connectivity index (χ1v) is 11.1. The van der Waals surface area contributed by atoms with Crippen molar-refractivity contribution in [3.05, 3.63) is 59.8 Å². The van der Waals surface area contributed by atoms with Crippen LogP contribution in [0.1, 0.15) is 35.3 Å². The number of hydrogen-bond acceptors (Lipinski definition) is 5. The first-order valence-electron chi connectivity index (χ1n) is 11.1. The zero-order valence-electron chi connectivity index (χ0n) is 18.4. The molecule has 2 aromatic heterocycles. The van der Waals surface area contributed by atoms with Crippen molar-refractivity contribution in [3.8, 4) is 22.4 Å². The van der Waals surface area contributed by atoms with Gasteiger partial charge in [-0.2, -0.15) is 5.10 Å². The molecule has 0 saturated carbocycles. The molecule has 32 heavy (non-hydrogen) atoms. The van der Waals surface area contributed by atoms with Crippen molar-refractivity contribution in [2.75, 3.05) is 26.2 Å². The van der Waals surface area contributed by atoms with E-state index in [0.717, 1.165) is 60.4 Å². The van der Waals surface area contributed by atoms with Gasteiger partial charge in [-0.3, -0.25) is 14.5 Å². The van der Waals surface area contributed by atoms with Gasteiger partial charge in [0.25, 0.3) is 5.91 Å². The Bertz CT molecular complexity index is 1080. The molecule has 0 unspecified atom stereocenters. The monoisotopic (exact) mass is 436 g/mol. The van der Waals surface area contributed by atoms with E-state index < -0.39 is 0 Å². The highest BCUT2D eigenvalue weighted by molar-refractivity contribution is 6.05. The average Bonchev–Trinajstić information content (AvgIpc) is 3.33. The van der Waals surface area contributed by atoms with Crippen LogP contribution in [0.25, 0.3) is 22.4 Å². The number of nitrogens with one attached hydrogen (secondary N) is 1. The lowest BCUT2D eigenvalue weighted by molar-refractivity contribution is 0.0776. The van der Waals surface area contributed by atoms with E-state index in [4.69, 9.17) is 5.73 Å². The van der Waals surface area contributed by atoms with Crippen LogP contribution in [-0.2, 0) is 13.6 Å². The Morgan fingerprint density at radius 2 is 1.88 bits per heavy atom. The van der Waals surface area contributed by atoms with Crippen molar-refractivity contribution < 1.29 is 9.18 Å². The standard InChI is InChI=1S/C24H29FN6O/c1-30-15-20(23(29-30)17-5-7-18(25)8-6-17)19-9-13-28-21-16-31(24(32)22(19)21)14-3-2-11-27-12-4-10-26/h5-9,13,15,27H,2-4,10-12,14,16,26H2,1H3. The summed E-state index contributed by atoms with van der Waals surface area (Å²) in [5.41, 5.74) is 10.1. The van der Waals surface area contributed by atoms with Gasteiger partial charge in [-0.15, -0.1) is 0 Å². The highest BCUT2D eigenvalue weighted by atomic mass is 19.1. The molecule has 3 N–H and O–H groups in total. The molecule has 3 aromatic rings. The van der Waals surface area contributed by atoms with Crippen LogP contribution < -0.4 is 11.1 Å². The molecule has 7 nitrogen and oxygen atoms in total. The number of pyridine rings is 1. The van der Waals surface area contributed by atoms with E-state index in [0.29, 0.717) is 25.2 Å². The summed E-state index contributed by atoms with van der Waals surface area (Å²) in [6, 6.07) is 8.12. The number of benzene rings is 1. The second-order valence-electron chi connectivity index (χ2n) is 8.08. The molecule has 0 bridgehead atoms. The third-order valence-electron chi connectivity index (χ3n) is 5.70. The van der Waals surface area contributed by atoms with Gasteiger partial charge in [0.15, 0.2) is 0 Å². The summed E-state index contributed by atoms with van der Waals surface area (Å²) in [7, 11) is 1.84. The molecular formula is C24H29FN6O. The minimum atomic E-state index is -0.295. The largest absolute Gasteiger partial charge is 0.333 e. The van der Waals surface area contributed by atoms with E-state index in [1.54, 1.807) is 23.0 Å². The number of nitrogens with zero attached hydrogens (tertiary/aromatic N) is 4. The molecule has 168 valence electrons. The number of halogens is 1. The minimum absolute atomic E-state index is 0.00750. The van der Waals surface area contributed by atoms with E-state index in [1.165, 1.54) is 12.1 Å². The van der Waals surface area contributed by atoms with E-state index in [2.05, 4.69) is 15.4 Å². The van der Waals surface area contributed by atoms with Crippen molar-refractivity contribution >= 4 is 5.91 Å². The van der Waals surface area contributed by atoms with Gasteiger partial charge in [0.1, 0.15) is 11.5 Å². The van der Waals surface area contributed by atoms with Crippen molar-refractivity contribution in [3.63, 3.8) is 0 Å². The summed E-state index contributed by atoms with van der Waals surface area (Å²) in [6.07, 6.45) is 6.55. The summed E-state index contributed by atoms with van der Waals surface area (Å²) >= 11 is 0. The summed E-state index contributed by atoms with van der Waals surface area (Å²) in [5, 5.41) is 7.95. The van der Waals surface area contributed by atoms with Gasteiger partial charge in [0.05, 0.1) is 17.8 Å². The van der Waals surface area contributed by atoms with E-state index >= 15 is 0 Å². The molecule has 0 radical (unpaired) electrons. The van der Waals surface area contributed by atoms with Crippen molar-refractivity contribution in [1.29, 1.82) is 0 Å². The van der Waals surface area contributed by atoms with Crippen LogP contribution in [0.2, 0.25) is 0 Å². The predicted molar refractivity (Wildman–Crippen MR) is 122 cm³/mol. The van der Waals surface area contributed by atoms with Crippen LogP contribution in [0, 0.1) is 5.82 Å². The Kier molecular flexibility index (Phi) is 6.92. The van der Waals surface area contributed by atoms with Crippen LogP contribution in [0.5, 0.6) is 0 Å². The number of amides is 1. The number of nitrogens with two attached hydrogens (primary N) is 1. The highest BCUT2D eigenvalue weighted by Gasteiger charge is 2.32. The third-order valence-corrected chi connectivity index (χ3v) is 5.70. The maximum absolute atomic E-state index is 13.4. The van der Waals surface area contributed by atoms with Gasteiger partial charge in [-0.05, 0) is 69.2 Å². The fourth-order valence-corrected chi connectivity index (χ4v) is 4.09. The minimum Gasteiger partial charge on any atom is -0.333 e. The number of carbonyl (C=O) groups excluding carboxylic acids is 1. The Labute approximate surface area is 187 Å². The Balaban J connectivity index is 1.52. The number of aryl methyl sites for hydroxylation is 1. The second-order valence-corrected chi connectivity index (χ2v) is 8.08. The molecule has 0 aliphatic carbocycles. The summed E-state index contributed by atoms with van der Waals surface area (Å²) in [5.74, 6) is -0.287. The van der Waals surface area contributed by atoms with Crippen LogP contribution >= 0.6 is 0 Å². The van der Waals surface area contributed by atoms with E-state index in [-0.39, 0.29) is 11.7 Å². The summed E-state index contributed by atoms with van der Waals surface area (Å²) in [4.78, 5) is 19.6. The third kappa shape index (κ3) is 4.71. The van der Waals surface area contributed by atoms with Gasteiger partial charge in [0.2, 0.25) is 0 Å². The summed E-state index contributed by atoms with van der Waals surface area (Å²) < 4.78 is 15.1. The number of fused-ring (bicyclic) bond motifs is 1. The quantitative estimate of drug-likeness (QED) is 0.477. The number of rotatable bonds is 10. The zero-order valence-corrected chi connectivity index (χ0v) is 18.4. The molecule has 1 aromatic carbocycles. The number of hydrogen-bond donors (Lipinski definition) is 2. The van der Waals surface area contributed by atoms with Gasteiger partial charge in [-0.25, -0.2) is 4.39 Å². The molecule has 1 aliphatic heterocycles. The summed E-state index contributed by atoms with van der Waals surface area (Å²) in [6.45, 7) is 3.77. The number of aromatic nitrogens is 3. The molecule has 0 fully saturated rings. The lowest BCUT2D eigenvalue weighted by Crippen LogP contribution is -2.26. The lowest BCUT2D eigenvalue weighted by atomic mass is 9.97. The molecule has 0 atom stereocenters. The number of carbonyl (C=O) groups is 1. The maximum Gasteiger partial charge on any atom is 0.256 e. The SMILES string of the molecule is Cn1cc(-c2ccnc3c2C(=O)N(CCCCNCCCN)C3)c(-c2ccc(F)cc2)n1. The topological polar surface area (TPSA) is 89.1 Å². The molecule has 1 amide bonds. The van der Waals surface area contributed by atoms with Gasteiger partial charge in [0, 0.05) is 42.7 Å². The van der Waals surface area contributed by atoms with Crippen LogP contribution in [-0.4, -0.2) is 51.8 Å². The van der Waals surface area contributed by atoms with Crippen LogP contribution in [0.15, 0.2) is 42.7 Å². The van der Waals surface area contributed by atoms with Crippen LogP contribution in [0.3, 0.4) is 0 Å². The smallest absolute Gasteiger partial charge is 0.256 e. The Morgan fingerprint density at radius 3 is 2.66 bits per heavy atom. The molecule has 8 heteroatoms. The van der Waals surface area contributed by atoms with Gasteiger partial charge in [-0.1, -0.05) is 0 Å². The van der Waals surface area contributed by atoms with Gasteiger partial charge >= 0.3 is 0 Å². The van der Waals surface area contributed by atoms with E-state index in [1.807, 2.05) is 24.2 Å².